The molecule has 0 spiro atoms. The molecular weight excluding hydrogens is 272 g/mol. The van der Waals surface area contributed by atoms with E-state index in [4.69, 9.17) is 10.8 Å². The number of nitrogens with two attached hydrogens (primary N) is 1. The first kappa shape index (κ1) is 15.0. The van der Waals surface area contributed by atoms with Crippen molar-refractivity contribution < 1.29 is 23.1 Å². The number of carbonyl (C=O) groups is 2. The van der Waals surface area contributed by atoms with Crippen molar-refractivity contribution in [2.75, 3.05) is 17.1 Å². The number of rotatable bonds is 6. The molecule has 0 aliphatic carbocycles. The molecule has 0 unspecified atom stereocenters. The molecule has 0 heterocycles. The highest BCUT2D eigenvalue weighted by molar-refractivity contribution is 7.92. The number of carboxylic acid groups (broad SMARTS) is 1. The van der Waals surface area contributed by atoms with Crippen LogP contribution >= 0.6 is 0 Å². The van der Waals surface area contributed by atoms with Crippen molar-refractivity contribution in [2.45, 2.75) is 6.42 Å². The molecule has 0 saturated heterocycles. The zero-order valence-electron chi connectivity index (χ0n) is 10.2. The predicted molar refractivity (Wildman–Crippen MR) is 69.4 cm³/mol. The average Bonchev–Trinajstić information content (AvgIpc) is 2.27. The van der Waals surface area contributed by atoms with Crippen molar-refractivity contribution in [3.8, 4) is 0 Å². The Hall–Kier alpha value is -2.09. The van der Waals surface area contributed by atoms with E-state index >= 15 is 0 Å². The molecule has 1 aromatic rings. The number of aliphatic carboxylic acids is 1. The maximum Gasteiger partial charge on any atom is 0.305 e. The lowest BCUT2D eigenvalue weighted by atomic mass is 10.2. The molecular formula is C11H14N2O5S. The third-order valence-corrected chi connectivity index (χ3v) is 3.56. The average molecular weight is 286 g/mol. The van der Waals surface area contributed by atoms with E-state index in [9.17, 15) is 18.0 Å². The topological polar surface area (TPSA) is 118 Å². The van der Waals surface area contributed by atoms with E-state index in [-0.39, 0.29) is 24.2 Å². The van der Waals surface area contributed by atoms with Crippen molar-refractivity contribution in [3.05, 3.63) is 29.8 Å². The number of carbonyl (C=O) groups excluding carboxylic acids is 1. The zero-order valence-corrected chi connectivity index (χ0v) is 11.1. The van der Waals surface area contributed by atoms with Crippen LogP contribution < -0.4 is 10.0 Å². The predicted octanol–water partition coefficient (Wildman–Crippen LogP) is 0.0262. The lowest BCUT2D eigenvalue weighted by molar-refractivity contribution is -0.136. The molecule has 1 rings (SSSR count). The van der Waals surface area contributed by atoms with Crippen molar-refractivity contribution in [2.24, 2.45) is 5.73 Å². The smallest absolute Gasteiger partial charge is 0.305 e. The number of sulfonamides is 1. The van der Waals surface area contributed by atoms with Crippen molar-refractivity contribution >= 4 is 27.6 Å². The molecule has 3 N–H and O–H groups in total. The number of anilines is 1. The fourth-order valence-electron chi connectivity index (χ4n) is 1.48. The van der Waals surface area contributed by atoms with Crippen molar-refractivity contribution in [3.63, 3.8) is 0 Å². The van der Waals surface area contributed by atoms with Crippen LogP contribution in [0.25, 0.3) is 0 Å². The van der Waals surface area contributed by atoms with E-state index < -0.39 is 21.9 Å². The van der Waals surface area contributed by atoms with Gasteiger partial charge in [0.1, 0.15) is 0 Å². The quantitative estimate of drug-likeness (QED) is 0.764. The third kappa shape index (κ3) is 4.25. The molecule has 7 nitrogen and oxygen atoms in total. The Morgan fingerprint density at radius 3 is 2.16 bits per heavy atom. The van der Waals surface area contributed by atoms with Crippen LogP contribution in [0.3, 0.4) is 0 Å². The minimum Gasteiger partial charge on any atom is -0.481 e. The van der Waals surface area contributed by atoms with E-state index in [1.807, 2.05) is 0 Å². The van der Waals surface area contributed by atoms with Gasteiger partial charge in [-0.2, -0.15) is 0 Å². The molecule has 19 heavy (non-hydrogen) atoms. The van der Waals surface area contributed by atoms with Crippen molar-refractivity contribution in [1.82, 2.24) is 0 Å². The fourth-order valence-corrected chi connectivity index (χ4v) is 2.40. The van der Waals surface area contributed by atoms with E-state index in [1.165, 1.54) is 24.3 Å². The van der Waals surface area contributed by atoms with E-state index in [0.717, 1.165) is 10.6 Å². The van der Waals surface area contributed by atoms with Crippen LogP contribution in [0.15, 0.2) is 24.3 Å². The lowest BCUT2D eigenvalue weighted by Crippen LogP contribution is -2.32. The largest absolute Gasteiger partial charge is 0.481 e. The number of amides is 1. The van der Waals surface area contributed by atoms with Gasteiger partial charge in [0, 0.05) is 12.1 Å². The van der Waals surface area contributed by atoms with Gasteiger partial charge in [-0.25, -0.2) is 8.42 Å². The molecule has 1 amide bonds. The molecule has 1 aromatic carbocycles. The van der Waals surface area contributed by atoms with Crippen molar-refractivity contribution in [1.29, 1.82) is 0 Å². The van der Waals surface area contributed by atoms with Gasteiger partial charge in [0.05, 0.1) is 18.4 Å². The van der Waals surface area contributed by atoms with Crippen LogP contribution in [0.2, 0.25) is 0 Å². The van der Waals surface area contributed by atoms with E-state index in [1.54, 1.807) is 0 Å². The highest BCUT2D eigenvalue weighted by atomic mass is 32.2. The normalized spacial score (nSPS) is 11.0. The van der Waals surface area contributed by atoms with Gasteiger partial charge < -0.3 is 10.8 Å². The van der Waals surface area contributed by atoms with Gasteiger partial charge in [-0.05, 0) is 24.3 Å². The SMILES string of the molecule is CS(=O)(=O)N(CCC(=O)O)c1ccc(C(N)=O)cc1. The summed E-state index contributed by atoms with van der Waals surface area (Å²) < 4.78 is 24.2. The molecule has 104 valence electrons. The first-order chi connectivity index (χ1) is 8.71. The Balaban J connectivity index is 3.04. The Morgan fingerprint density at radius 2 is 1.79 bits per heavy atom. The molecule has 0 aliphatic heterocycles. The Kier molecular flexibility index (Phi) is 4.49. The van der Waals surface area contributed by atoms with Crippen LogP contribution in [0, 0.1) is 0 Å². The molecule has 0 fully saturated rings. The van der Waals surface area contributed by atoms with Gasteiger partial charge in [0.15, 0.2) is 0 Å². The molecule has 0 radical (unpaired) electrons. The minimum atomic E-state index is -3.59. The third-order valence-electron chi connectivity index (χ3n) is 2.37. The molecule has 0 saturated carbocycles. The second-order valence-electron chi connectivity index (χ2n) is 3.89. The monoisotopic (exact) mass is 286 g/mol. The summed E-state index contributed by atoms with van der Waals surface area (Å²) in [5, 5.41) is 8.61. The Bertz CT molecular complexity index is 580. The summed E-state index contributed by atoms with van der Waals surface area (Å²) in [4.78, 5) is 21.4. The summed E-state index contributed by atoms with van der Waals surface area (Å²) in [5.41, 5.74) is 5.61. The second-order valence-corrected chi connectivity index (χ2v) is 5.80. The number of nitrogens with zero attached hydrogens (tertiary/aromatic N) is 1. The van der Waals surface area contributed by atoms with Gasteiger partial charge in [-0.1, -0.05) is 0 Å². The number of hydrogen-bond acceptors (Lipinski definition) is 4. The summed E-state index contributed by atoms with van der Waals surface area (Å²) in [6.07, 6.45) is 0.668. The molecule has 0 atom stereocenters. The van der Waals surface area contributed by atoms with Gasteiger partial charge in [-0.3, -0.25) is 13.9 Å². The second kappa shape index (κ2) is 5.70. The maximum atomic E-state index is 11.6. The van der Waals surface area contributed by atoms with Gasteiger partial charge in [-0.15, -0.1) is 0 Å². The zero-order chi connectivity index (χ0) is 14.6. The standard InChI is InChI=1S/C11H14N2O5S/c1-19(17,18)13(7-6-10(14)15)9-4-2-8(3-5-9)11(12)16/h2-5H,6-7H2,1H3,(H2,12,16)(H,14,15). The maximum absolute atomic E-state index is 11.6. The van der Waals surface area contributed by atoms with Crippen LogP contribution in [-0.4, -0.2) is 38.2 Å². The highest BCUT2D eigenvalue weighted by Gasteiger charge is 2.18. The fraction of sp³-hybridized carbons (Fsp3) is 0.273. The van der Waals surface area contributed by atoms with Gasteiger partial charge >= 0.3 is 5.97 Å². The van der Waals surface area contributed by atoms with Gasteiger partial charge in [0.25, 0.3) is 0 Å². The van der Waals surface area contributed by atoms with E-state index in [2.05, 4.69) is 0 Å². The summed E-state index contributed by atoms with van der Waals surface area (Å²) >= 11 is 0. The minimum absolute atomic E-state index is 0.177. The van der Waals surface area contributed by atoms with Crippen LogP contribution in [0.5, 0.6) is 0 Å². The molecule has 8 heteroatoms. The summed E-state index contributed by atoms with van der Waals surface area (Å²) in [6.45, 7) is -0.177. The lowest BCUT2D eigenvalue weighted by Gasteiger charge is -2.21. The highest BCUT2D eigenvalue weighted by Crippen LogP contribution is 2.18. The van der Waals surface area contributed by atoms with Gasteiger partial charge in [0.2, 0.25) is 15.9 Å². The Morgan fingerprint density at radius 1 is 1.26 bits per heavy atom. The molecule has 0 bridgehead atoms. The van der Waals surface area contributed by atoms with E-state index in [0.29, 0.717) is 0 Å². The van der Waals surface area contributed by atoms with Crippen LogP contribution in [-0.2, 0) is 14.8 Å². The first-order valence-corrected chi connectivity index (χ1v) is 7.16. The first-order valence-electron chi connectivity index (χ1n) is 5.31. The molecule has 0 aliphatic rings. The summed E-state index contributed by atoms with van der Waals surface area (Å²) in [5.74, 6) is -1.72. The summed E-state index contributed by atoms with van der Waals surface area (Å²) in [6, 6.07) is 5.58. The Labute approximate surface area is 110 Å². The number of benzene rings is 1. The molecule has 0 aromatic heterocycles. The van der Waals surface area contributed by atoms with Crippen LogP contribution in [0.1, 0.15) is 16.8 Å². The number of hydrogen-bond donors (Lipinski definition) is 2. The number of primary amides is 1. The van der Waals surface area contributed by atoms with Crippen LogP contribution in [0.4, 0.5) is 5.69 Å². The summed E-state index contributed by atoms with van der Waals surface area (Å²) in [7, 11) is -3.59. The number of carboxylic acids is 1.